The summed E-state index contributed by atoms with van der Waals surface area (Å²) in [6.45, 7) is 0. The molecule has 3 rings (SSSR count). The van der Waals surface area contributed by atoms with Crippen LogP contribution in [0.3, 0.4) is 0 Å². The van der Waals surface area contributed by atoms with Gasteiger partial charge in [-0.2, -0.15) is 13.2 Å². The molecule has 0 unspecified atom stereocenters. The van der Waals surface area contributed by atoms with Gasteiger partial charge in [0.1, 0.15) is 5.75 Å². The standard InChI is InChI=1S/C20H19F3N2O3S/c1-25(2)17-8-4-7-15-14(17)6-5-9-19(15)29(26,27)24-13-10-11-18(28-3)16(12-13)20(21,22)23/h4-12,24H,1-3H3. The first-order valence-corrected chi connectivity index (χ1v) is 10.00. The molecule has 1 N–H and O–H groups in total. The van der Waals surface area contributed by atoms with Crippen molar-refractivity contribution in [2.75, 3.05) is 30.8 Å². The SMILES string of the molecule is COc1ccc(NS(=O)(=O)c2cccc3c(N(C)C)cccc23)cc1C(F)(F)F. The molecule has 9 heteroatoms. The van der Waals surface area contributed by atoms with E-state index in [1.807, 2.05) is 25.1 Å². The molecule has 5 nitrogen and oxygen atoms in total. The zero-order valence-corrected chi connectivity index (χ0v) is 16.7. The number of halogens is 3. The van der Waals surface area contributed by atoms with E-state index in [2.05, 4.69) is 4.72 Å². The van der Waals surface area contributed by atoms with Crippen molar-refractivity contribution in [2.45, 2.75) is 11.1 Å². The van der Waals surface area contributed by atoms with Gasteiger partial charge in [-0.1, -0.05) is 24.3 Å². The van der Waals surface area contributed by atoms with E-state index < -0.39 is 21.8 Å². The highest BCUT2D eigenvalue weighted by molar-refractivity contribution is 7.93. The van der Waals surface area contributed by atoms with Gasteiger partial charge in [-0.25, -0.2) is 8.42 Å². The molecule has 0 radical (unpaired) electrons. The second-order valence-electron chi connectivity index (χ2n) is 6.54. The summed E-state index contributed by atoms with van der Waals surface area (Å²) in [7, 11) is 0.652. The third kappa shape index (κ3) is 4.09. The topological polar surface area (TPSA) is 58.6 Å². The minimum absolute atomic E-state index is 0.0249. The van der Waals surface area contributed by atoms with Crippen LogP contribution in [0.25, 0.3) is 10.8 Å². The molecular weight excluding hydrogens is 405 g/mol. The number of sulfonamides is 1. The van der Waals surface area contributed by atoms with Crippen molar-refractivity contribution in [2.24, 2.45) is 0 Å². The number of anilines is 2. The molecular formula is C20H19F3N2O3S. The second-order valence-corrected chi connectivity index (χ2v) is 8.19. The van der Waals surface area contributed by atoms with Crippen LogP contribution in [0.15, 0.2) is 59.5 Å². The maximum absolute atomic E-state index is 13.2. The summed E-state index contributed by atoms with van der Waals surface area (Å²) >= 11 is 0. The summed E-state index contributed by atoms with van der Waals surface area (Å²) in [4.78, 5) is 1.83. The monoisotopic (exact) mass is 424 g/mol. The molecule has 0 heterocycles. The summed E-state index contributed by atoms with van der Waals surface area (Å²) in [5.74, 6) is -0.388. The van der Waals surface area contributed by atoms with Crippen LogP contribution >= 0.6 is 0 Å². The van der Waals surface area contributed by atoms with Crippen molar-refractivity contribution < 1.29 is 26.3 Å². The number of fused-ring (bicyclic) bond motifs is 1. The van der Waals surface area contributed by atoms with Crippen LogP contribution in [0.4, 0.5) is 24.5 Å². The van der Waals surface area contributed by atoms with E-state index in [-0.39, 0.29) is 16.3 Å². The van der Waals surface area contributed by atoms with Crippen molar-refractivity contribution in [3.05, 3.63) is 60.2 Å². The first-order chi connectivity index (χ1) is 13.5. The predicted molar refractivity (Wildman–Crippen MR) is 107 cm³/mol. The van der Waals surface area contributed by atoms with Gasteiger partial charge in [0.05, 0.1) is 17.6 Å². The lowest BCUT2D eigenvalue weighted by atomic mass is 10.1. The Hall–Kier alpha value is -2.94. The summed E-state index contributed by atoms with van der Waals surface area (Å²) in [6, 6.07) is 13.1. The molecule has 0 amide bonds. The zero-order valence-electron chi connectivity index (χ0n) is 15.9. The van der Waals surface area contributed by atoms with Crippen LogP contribution < -0.4 is 14.4 Å². The van der Waals surface area contributed by atoms with Crippen molar-refractivity contribution in [1.82, 2.24) is 0 Å². The Labute approximate surface area is 166 Å². The quantitative estimate of drug-likeness (QED) is 0.643. The van der Waals surface area contributed by atoms with Gasteiger partial charge in [-0.15, -0.1) is 0 Å². The Kier molecular flexibility index (Phi) is 5.36. The molecule has 0 aliphatic rings. The Morgan fingerprint density at radius 1 is 0.966 bits per heavy atom. The maximum Gasteiger partial charge on any atom is 0.420 e. The smallest absolute Gasteiger partial charge is 0.420 e. The highest BCUT2D eigenvalue weighted by Crippen LogP contribution is 2.38. The van der Waals surface area contributed by atoms with Gasteiger partial charge in [0.25, 0.3) is 10.0 Å². The predicted octanol–water partition coefficient (Wildman–Crippen LogP) is 4.73. The molecule has 154 valence electrons. The summed E-state index contributed by atoms with van der Waals surface area (Å²) in [5, 5.41) is 1.18. The third-order valence-corrected chi connectivity index (χ3v) is 5.83. The van der Waals surface area contributed by atoms with Crippen molar-refractivity contribution in [3.63, 3.8) is 0 Å². The second kappa shape index (κ2) is 7.47. The molecule has 0 saturated carbocycles. The minimum Gasteiger partial charge on any atom is -0.496 e. The van der Waals surface area contributed by atoms with Crippen LogP contribution in [-0.4, -0.2) is 29.6 Å². The molecule has 0 aliphatic carbocycles. The van der Waals surface area contributed by atoms with Crippen molar-refractivity contribution >= 4 is 32.2 Å². The number of hydrogen-bond donors (Lipinski definition) is 1. The number of nitrogens with zero attached hydrogens (tertiary/aromatic N) is 1. The summed E-state index contributed by atoms with van der Waals surface area (Å²) in [5.41, 5.74) is -0.449. The lowest BCUT2D eigenvalue weighted by Crippen LogP contribution is -2.15. The van der Waals surface area contributed by atoms with Gasteiger partial charge in [0, 0.05) is 36.2 Å². The number of benzene rings is 3. The van der Waals surface area contributed by atoms with Gasteiger partial charge < -0.3 is 9.64 Å². The van der Waals surface area contributed by atoms with Crippen LogP contribution in [0, 0.1) is 0 Å². The molecule has 0 spiro atoms. The van der Waals surface area contributed by atoms with E-state index in [0.717, 1.165) is 18.9 Å². The fourth-order valence-corrected chi connectivity index (χ4v) is 4.36. The van der Waals surface area contributed by atoms with Gasteiger partial charge in [-0.05, 0) is 30.3 Å². The average molecular weight is 424 g/mol. The Balaban J connectivity index is 2.09. The molecule has 0 aromatic heterocycles. The summed E-state index contributed by atoms with van der Waals surface area (Å²) < 4.78 is 72.6. The number of hydrogen-bond acceptors (Lipinski definition) is 4. The van der Waals surface area contributed by atoms with E-state index in [4.69, 9.17) is 4.74 Å². The van der Waals surface area contributed by atoms with E-state index in [9.17, 15) is 21.6 Å². The Morgan fingerprint density at radius 3 is 2.24 bits per heavy atom. The lowest BCUT2D eigenvalue weighted by Gasteiger charge is -2.18. The minimum atomic E-state index is -4.69. The van der Waals surface area contributed by atoms with E-state index in [1.165, 1.54) is 12.1 Å². The van der Waals surface area contributed by atoms with E-state index in [1.54, 1.807) is 24.3 Å². The zero-order chi connectivity index (χ0) is 21.4. The number of nitrogens with one attached hydrogen (secondary N) is 1. The van der Waals surface area contributed by atoms with Crippen LogP contribution in [0.1, 0.15) is 5.56 Å². The highest BCUT2D eigenvalue weighted by Gasteiger charge is 2.35. The maximum atomic E-state index is 13.2. The average Bonchev–Trinajstić information content (AvgIpc) is 2.65. The molecule has 0 aliphatic heterocycles. The third-order valence-electron chi connectivity index (χ3n) is 4.39. The normalized spacial score (nSPS) is 12.1. The molecule has 0 saturated heterocycles. The van der Waals surface area contributed by atoms with Crippen LogP contribution in [0.2, 0.25) is 0 Å². The first-order valence-electron chi connectivity index (χ1n) is 8.52. The van der Waals surface area contributed by atoms with Gasteiger partial charge in [0.15, 0.2) is 0 Å². The number of ether oxygens (including phenoxy) is 1. The van der Waals surface area contributed by atoms with Gasteiger partial charge >= 0.3 is 6.18 Å². The first kappa shape index (κ1) is 20.8. The molecule has 3 aromatic rings. The molecule has 0 atom stereocenters. The number of alkyl halides is 3. The van der Waals surface area contributed by atoms with Crippen molar-refractivity contribution in [3.8, 4) is 5.75 Å². The van der Waals surface area contributed by atoms with Crippen LogP contribution in [-0.2, 0) is 16.2 Å². The van der Waals surface area contributed by atoms with Gasteiger partial charge in [0.2, 0.25) is 0 Å². The fraction of sp³-hybridized carbons (Fsp3) is 0.200. The number of methoxy groups -OCH3 is 1. The Morgan fingerprint density at radius 2 is 1.62 bits per heavy atom. The van der Waals surface area contributed by atoms with E-state index in [0.29, 0.717) is 16.8 Å². The Bertz CT molecular complexity index is 1160. The van der Waals surface area contributed by atoms with Crippen LogP contribution in [0.5, 0.6) is 5.75 Å². The molecule has 0 fully saturated rings. The van der Waals surface area contributed by atoms with Crippen molar-refractivity contribution in [1.29, 1.82) is 0 Å². The van der Waals surface area contributed by atoms with Gasteiger partial charge in [-0.3, -0.25) is 4.72 Å². The highest BCUT2D eigenvalue weighted by atomic mass is 32.2. The molecule has 3 aromatic carbocycles. The lowest BCUT2D eigenvalue weighted by molar-refractivity contribution is -0.138. The summed E-state index contributed by atoms with van der Waals surface area (Å²) in [6.07, 6.45) is -4.69. The van der Waals surface area contributed by atoms with E-state index >= 15 is 0 Å². The fourth-order valence-electron chi connectivity index (χ4n) is 3.09. The number of rotatable bonds is 5. The molecule has 29 heavy (non-hydrogen) atoms. The molecule has 0 bridgehead atoms. The largest absolute Gasteiger partial charge is 0.496 e.